The topological polar surface area (TPSA) is 96.2 Å². The van der Waals surface area contributed by atoms with E-state index in [0.717, 1.165) is 0 Å². The van der Waals surface area contributed by atoms with E-state index < -0.39 is 10.0 Å². The van der Waals surface area contributed by atoms with Crippen molar-refractivity contribution in [1.29, 1.82) is 0 Å². The fraction of sp³-hybridized carbons (Fsp3) is 0.182. The van der Waals surface area contributed by atoms with Crippen LogP contribution in [0, 0.1) is 0 Å². The van der Waals surface area contributed by atoms with Crippen molar-refractivity contribution in [3.8, 4) is 5.75 Å². The van der Waals surface area contributed by atoms with Gasteiger partial charge in [-0.05, 0) is 18.2 Å². The summed E-state index contributed by atoms with van der Waals surface area (Å²) in [5.41, 5.74) is 0.789. The highest BCUT2D eigenvalue weighted by Gasteiger charge is 2.18. The summed E-state index contributed by atoms with van der Waals surface area (Å²) >= 11 is 0. The summed E-state index contributed by atoms with van der Waals surface area (Å²) in [7, 11) is -0.438. The smallest absolute Gasteiger partial charge is 0.265 e. The SMILES string of the molecule is CNc1ccc(O)c(NS(=O)(=O)c2cnn(C)c2)c1. The average molecular weight is 282 g/mol. The number of nitrogens with one attached hydrogen (secondary N) is 2. The fourth-order valence-electron chi connectivity index (χ4n) is 1.51. The van der Waals surface area contributed by atoms with E-state index in [-0.39, 0.29) is 16.3 Å². The number of nitrogens with zero attached hydrogens (tertiary/aromatic N) is 2. The Labute approximate surface area is 110 Å². The molecule has 0 aliphatic rings. The molecule has 0 spiro atoms. The number of phenols is 1. The number of hydrogen-bond acceptors (Lipinski definition) is 5. The van der Waals surface area contributed by atoms with Crippen LogP contribution in [-0.4, -0.2) is 30.4 Å². The van der Waals surface area contributed by atoms with Gasteiger partial charge in [0.1, 0.15) is 10.6 Å². The monoisotopic (exact) mass is 282 g/mol. The second-order valence-corrected chi connectivity index (χ2v) is 5.62. The first kappa shape index (κ1) is 13.2. The third-order valence-corrected chi connectivity index (χ3v) is 3.84. The number of benzene rings is 1. The van der Waals surface area contributed by atoms with E-state index in [1.807, 2.05) is 0 Å². The molecule has 7 nitrogen and oxygen atoms in total. The highest BCUT2D eigenvalue weighted by atomic mass is 32.2. The fourth-order valence-corrected chi connectivity index (χ4v) is 2.56. The Morgan fingerprint density at radius 2 is 2.11 bits per heavy atom. The highest BCUT2D eigenvalue weighted by Crippen LogP contribution is 2.28. The summed E-state index contributed by atoms with van der Waals surface area (Å²) in [5.74, 6) is -0.147. The van der Waals surface area contributed by atoms with Gasteiger partial charge in [0, 0.05) is 26.0 Å². The Balaban J connectivity index is 2.35. The van der Waals surface area contributed by atoms with Gasteiger partial charge >= 0.3 is 0 Å². The first-order valence-corrected chi connectivity index (χ1v) is 6.93. The van der Waals surface area contributed by atoms with Crippen LogP contribution in [-0.2, 0) is 17.1 Å². The molecule has 2 aromatic rings. The zero-order chi connectivity index (χ0) is 14.0. The molecule has 0 saturated heterocycles. The van der Waals surface area contributed by atoms with Crippen LogP contribution in [0.5, 0.6) is 5.75 Å². The molecule has 8 heteroatoms. The van der Waals surface area contributed by atoms with Gasteiger partial charge in [-0.15, -0.1) is 0 Å². The van der Waals surface area contributed by atoms with Crippen molar-refractivity contribution in [2.45, 2.75) is 4.90 Å². The van der Waals surface area contributed by atoms with E-state index in [9.17, 15) is 13.5 Å². The molecule has 0 radical (unpaired) electrons. The van der Waals surface area contributed by atoms with E-state index in [0.29, 0.717) is 5.69 Å². The van der Waals surface area contributed by atoms with Gasteiger partial charge in [-0.2, -0.15) is 5.10 Å². The molecular weight excluding hydrogens is 268 g/mol. The van der Waals surface area contributed by atoms with Gasteiger partial charge in [0.15, 0.2) is 0 Å². The molecule has 19 heavy (non-hydrogen) atoms. The van der Waals surface area contributed by atoms with Gasteiger partial charge in [0.2, 0.25) is 0 Å². The van der Waals surface area contributed by atoms with Crippen molar-refractivity contribution in [2.75, 3.05) is 17.1 Å². The van der Waals surface area contributed by atoms with Crippen molar-refractivity contribution in [3.05, 3.63) is 30.6 Å². The standard InChI is InChI=1S/C11H14N4O3S/c1-12-8-3-4-11(16)10(5-8)14-19(17,18)9-6-13-15(2)7-9/h3-7,12,14,16H,1-2H3. The molecular formula is C11H14N4O3S. The summed E-state index contributed by atoms with van der Waals surface area (Å²) in [5, 5.41) is 16.3. The van der Waals surface area contributed by atoms with Crippen molar-refractivity contribution in [1.82, 2.24) is 9.78 Å². The van der Waals surface area contributed by atoms with Gasteiger partial charge in [-0.3, -0.25) is 9.40 Å². The highest BCUT2D eigenvalue weighted by molar-refractivity contribution is 7.92. The zero-order valence-corrected chi connectivity index (χ0v) is 11.3. The van der Waals surface area contributed by atoms with Crippen LogP contribution >= 0.6 is 0 Å². The Morgan fingerprint density at radius 3 is 2.68 bits per heavy atom. The average Bonchev–Trinajstić information content (AvgIpc) is 2.79. The molecule has 0 aliphatic heterocycles. The molecule has 0 fully saturated rings. The minimum absolute atomic E-state index is 0.0317. The number of sulfonamides is 1. The Kier molecular flexibility index (Phi) is 3.34. The lowest BCUT2D eigenvalue weighted by molar-refractivity contribution is 0.477. The number of anilines is 2. The third-order valence-electron chi connectivity index (χ3n) is 2.52. The van der Waals surface area contributed by atoms with Gasteiger partial charge in [0.05, 0.1) is 11.9 Å². The summed E-state index contributed by atoms with van der Waals surface area (Å²) in [6.45, 7) is 0. The van der Waals surface area contributed by atoms with E-state index in [1.54, 1.807) is 20.2 Å². The van der Waals surface area contributed by atoms with Crippen LogP contribution in [0.4, 0.5) is 11.4 Å². The van der Waals surface area contributed by atoms with E-state index in [4.69, 9.17) is 0 Å². The second-order valence-electron chi connectivity index (χ2n) is 3.94. The molecule has 0 amide bonds. The summed E-state index contributed by atoms with van der Waals surface area (Å²) in [6.07, 6.45) is 2.61. The van der Waals surface area contributed by atoms with Crippen LogP contribution < -0.4 is 10.0 Å². The molecule has 0 unspecified atom stereocenters. The van der Waals surface area contributed by atoms with Gasteiger partial charge < -0.3 is 10.4 Å². The second kappa shape index (κ2) is 4.81. The maximum Gasteiger partial charge on any atom is 0.265 e. The van der Waals surface area contributed by atoms with Crippen LogP contribution in [0.1, 0.15) is 0 Å². The lowest BCUT2D eigenvalue weighted by Crippen LogP contribution is -2.12. The summed E-state index contributed by atoms with van der Waals surface area (Å²) in [4.78, 5) is 0.0317. The molecule has 0 aliphatic carbocycles. The number of phenolic OH excluding ortho intramolecular Hbond substituents is 1. The number of rotatable bonds is 4. The maximum absolute atomic E-state index is 12.1. The molecule has 1 heterocycles. The molecule has 0 bridgehead atoms. The molecule has 0 saturated carbocycles. The Hall–Kier alpha value is -2.22. The number of aromatic nitrogens is 2. The van der Waals surface area contributed by atoms with Crippen LogP contribution in [0.3, 0.4) is 0 Å². The van der Waals surface area contributed by atoms with E-state index in [1.165, 1.54) is 29.2 Å². The molecule has 102 valence electrons. The van der Waals surface area contributed by atoms with Gasteiger partial charge in [-0.25, -0.2) is 8.42 Å². The van der Waals surface area contributed by atoms with Crippen molar-refractivity contribution < 1.29 is 13.5 Å². The number of hydrogen-bond donors (Lipinski definition) is 3. The molecule has 2 rings (SSSR count). The minimum atomic E-state index is -3.76. The predicted octanol–water partition coefficient (Wildman–Crippen LogP) is 0.968. The lowest BCUT2D eigenvalue weighted by atomic mass is 10.2. The molecule has 1 aromatic carbocycles. The largest absolute Gasteiger partial charge is 0.506 e. The Morgan fingerprint density at radius 1 is 1.37 bits per heavy atom. The zero-order valence-electron chi connectivity index (χ0n) is 10.5. The van der Waals surface area contributed by atoms with Crippen LogP contribution in [0.15, 0.2) is 35.5 Å². The summed E-state index contributed by atoms with van der Waals surface area (Å²) < 4.78 is 27.8. The van der Waals surface area contributed by atoms with Crippen molar-refractivity contribution in [2.24, 2.45) is 7.05 Å². The summed E-state index contributed by atoms with van der Waals surface area (Å²) in [6, 6.07) is 4.55. The van der Waals surface area contributed by atoms with Crippen LogP contribution in [0.25, 0.3) is 0 Å². The first-order valence-electron chi connectivity index (χ1n) is 5.44. The van der Waals surface area contributed by atoms with Gasteiger partial charge in [-0.1, -0.05) is 0 Å². The molecule has 1 aromatic heterocycles. The Bertz CT molecular complexity index is 694. The number of aryl methyl sites for hydroxylation is 1. The number of aromatic hydroxyl groups is 1. The first-order chi connectivity index (χ1) is 8.92. The minimum Gasteiger partial charge on any atom is -0.506 e. The van der Waals surface area contributed by atoms with Crippen molar-refractivity contribution in [3.63, 3.8) is 0 Å². The molecule has 0 atom stereocenters. The van der Waals surface area contributed by atoms with Crippen LogP contribution in [0.2, 0.25) is 0 Å². The van der Waals surface area contributed by atoms with E-state index in [2.05, 4.69) is 15.1 Å². The maximum atomic E-state index is 12.1. The van der Waals surface area contributed by atoms with Crippen molar-refractivity contribution >= 4 is 21.4 Å². The predicted molar refractivity (Wildman–Crippen MR) is 71.7 cm³/mol. The quantitative estimate of drug-likeness (QED) is 0.573. The van der Waals surface area contributed by atoms with Gasteiger partial charge in [0.25, 0.3) is 10.0 Å². The van der Waals surface area contributed by atoms with E-state index >= 15 is 0 Å². The molecule has 3 N–H and O–H groups in total. The lowest BCUT2D eigenvalue weighted by Gasteiger charge is -2.10. The normalized spacial score (nSPS) is 11.3. The third kappa shape index (κ3) is 2.79.